The zero-order chi connectivity index (χ0) is 15.1. The zero-order valence-electron chi connectivity index (χ0n) is 13.8. The van der Waals surface area contributed by atoms with Crippen LogP contribution < -0.4 is 10.6 Å². The minimum absolute atomic E-state index is 0.0637. The van der Waals surface area contributed by atoms with Gasteiger partial charge in [0.15, 0.2) is 0 Å². The third-order valence-electron chi connectivity index (χ3n) is 3.57. The second-order valence-corrected chi connectivity index (χ2v) is 6.59. The van der Waals surface area contributed by atoms with E-state index in [1.807, 2.05) is 19.2 Å². The Labute approximate surface area is 124 Å². The standard InChI is InChI=1S/C17H31N3/c1-13(2)7-10-20(11-8-14(3)4)17-12-16(15(5)18)6-9-19-17/h6,9,12-15H,7-8,10-11,18H2,1-5H3/t15-/m1/s1. The molecule has 1 rings (SSSR count). The molecule has 0 aliphatic carbocycles. The fourth-order valence-corrected chi connectivity index (χ4v) is 2.06. The fourth-order valence-electron chi connectivity index (χ4n) is 2.06. The van der Waals surface area contributed by atoms with E-state index in [0.29, 0.717) is 11.8 Å². The van der Waals surface area contributed by atoms with Gasteiger partial charge in [-0.1, -0.05) is 27.7 Å². The molecule has 0 amide bonds. The van der Waals surface area contributed by atoms with Gasteiger partial charge in [0, 0.05) is 25.3 Å². The van der Waals surface area contributed by atoms with E-state index < -0.39 is 0 Å². The van der Waals surface area contributed by atoms with E-state index in [2.05, 4.69) is 43.6 Å². The van der Waals surface area contributed by atoms with Crippen molar-refractivity contribution in [3.8, 4) is 0 Å². The molecule has 0 spiro atoms. The van der Waals surface area contributed by atoms with Crippen molar-refractivity contribution in [3.63, 3.8) is 0 Å². The summed E-state index contributed by atoms with van der Waals surface area (Å²) in [6.07, 6.45) is 4.27. The van der Waals surface area contributed by atoms with Crippen LogP contribution in [0.5, 0.6) is 0 Å². The molecule has 0 fully saturated rings. The maximum atomic E-state index is 5.98. The highest BCUT2D eigenvalue weighted by Crippen LogP contribution is 2.19. The van der Waals surface area contributed by atoms with Crippen LogP contribution in [0.3, 0.4) is 0 Å². The highest BCUT2D eigenvalue weighted by molar-refractivity contribution is 5.41. The van der Waals surface area contributed by atoms with E-state index in [9.17, 15) is 0 Å². The number of nitrogens with zero attached hydrogens (tertiary/aromatic N) is 2. The maximum absolute atomic E-state index is 5.98. The number of rotatable bonds is 8. The first-order chi connectivity index (χ1) is 9.40. The molecular weight excluding hydrogens is 246 g/mol. The Morgan fingerprint density at radius 2 is 1.60 bits per heavy atom. The Kier molecular flexibility index (Phi) is 7.00. The van der Waals surface area contributed by atoms with Crippen LogP contribution in [0.25, 0.3) is 0 Å². The second-order valence-electron chi connectivity index (χ2n) is 6.59. The molecule has 114 valence electrons. The lowest BCUT2D eigenvalue weighted by atomic mass is 10.1. The van der Waals surface area contributed by atoms with Crippen molar-refractivity contribution in [2.24, 2.45) is 17.6 Å². The molecule has 3 nitrogen and oxygen atoms in total. The van der Waals surface area contributed by atoms with Gasteiger partial charge in [-0.05, 0) is 49.3 Å². The molecule has 20 heavy (non-hydrogen) atoms. The summed E-state index contributed by atoms with van der Waals surface area (Å²) in [6, 6.07) is 4.22. The molecule has 0 radical (unpaired) electrons. The van der Waals surface area contributed by atoms with E-state index in [0.717, 1.165) is 24.5 Å². The first-order valence-corrected chi connectivity index (χ1v) is 7.86. The van der Waals surface area contributed by atoms with E-state index in [1.54, 1.807) is 0 Å². The number of hydrogen-bond acceptors (Lipinski definition) is 3. The molecular formula is C17H31N3. The van der Waals surface area contributed by atoms with Gasteiger partial charge in [0.25, 0.3) is 0 Å². The number of nitrogens with two attached hydrogens (primary N) is 1. The van der Waals surface area contributed by atoms with Gasteiger partial charge in [0.1, 0.15) is 5.82 Å². The summed E-state index contributed by atoms with van der Waals surface area (Å²) in [5.41, 5.74) is 7.14. The smallest absolute Gasteiger partial charge is 0.128 e. The Morgan fingerprint density at radius 3 is 2.05 bits per heavy atom. The summed E-state index contributed by atoms with van der Waals surface area (Å²) in [6.45, 7) is 13.2. The Balaban J connectivity index is 2.81. The predicted molar refractivity (Wildman–Crippen MR) is 88.0 cm³/mol. The average Bonchev–Trinajstić information content (AvgIpc) is 2.38. The fraction of sp³-hybridized carbons (Fsp3) is 0.706. The molecule has 0 aliphatic rings. The number of anilines is 1. The summed E-state index contributed by atoms with van der Waals surface area (Å²) in [7, 11) is 0. The summed E-state index contributed by atoms with van der Waals surface area (Å²) >= 11 is 0. The highest BCUT2D eigenvalue weighted by atomic mass is 15.2. The van der Waals surface area contributed by atoms with Crippen LogP contribution >= 0.6 is 0 Å². The van der Waals surface area contributed by atoms with Crippen molar-refractivity contribution in [2.75, 3.05) is 18.0 Å². The van der Waals surface area contributed by atoms with Crippen LogP contribution in [0.2, 0.25) is 0 Å². The zero-order valence-corrected chi connectivity index (χ0v) is 13.8. The van der Waals surface area contributed by atoms with E-state index in [1.165, 1.54) is 12.8 Å². The van der Waals surface area contributed by atoms with E-state index >= 15 is 0 Å². The molecule has 1 heterocycles. The van der Waals surface area contributed by atoms with Gasteiger partial charge in [0.2, 0.25) is 0 Å². The third kappa shape index (κ3) is 5.91. The highest BCUT2D eigenvalue weighted by Gasteiger charge is 2.11. The van der Waals surface area contributed by atoms with Crippen LogP contribution in [-0.2, 0) is 0 Å². The molecule has 0 unspecified atom stereocenters. The van der Waals surface area contributed by atoms with Crippen molar-refractivity contribution < 1.29 is 0 Å². The lowest BCUT2D eigenvalue weighted by Crippen LogP contribution is -2.28. The molecule has 3 heteroatoms. The molecule has 0 saturated heterocycles. The van der Waals surface area contributed by atoms with Crippen molar-refractivity contribution in [3.05, 3.63) is 23.9 Å². The van der Waals surface area contributed by atoms with Crippen LogP contribution in [0.1, 0.15) is 59.1 Å². The number of hydrogen-bond donors (Lipinski definition) is 1. The van der Waals surface area contributed by atoms with Gasteiger partial charge < -0.3 is 10.6 Å². The summed E-state index contributed by atoms with van der Waals surface area (Å²) < 4.78 is 0. The quantitative estimate of drug-likeness (QED) is 0.781. The van der Waals surface area contributed by atoms with Gasteiger partial charge in [-0.15, -0.1) is 0 Å². The molecule has 0 aromatic carbocycles. The van der Waals surface area contributed by atoms with E-state index in [4.69, 9.17) is 5.73 Å². The maximum Gasteiger partial charge on any atom is 0.128 e. The van der Waals surface area contributed by atoms with E-state index in [-0.39, 0.29) is 6.04 Å². The average molecular weight is 277 g/mol. The Bertz CT molecular complexity index is 374. The van der Waals surface area contributed by atoms with Gasteiger partial charge in [-0.25, -0.2) is 4.98 Å². The summed E-state index contributed by atoms with van der Waals surface area (Å²) in [5.74, 6) is 2.50. The van der Waals surface area contributed by atoms with Crippen LogP contribution in [0, 0.1) is 11.8 Å². The molecule has 2 N–H and O–H groups in total. The lowest BCUT2D eigenvalue weighted by molar-refractivity contribution is 0.533. The second kappa shape index (κ2) is 8.25. The largest absolute Gasteiger partial charge is 0.357 e. The molecule has 1 atom stereocenters. The number of aromatic nitrogens is 1. The Hall–Kier alpha value is -1.09. The first kappa shape index (κ1) is 17.0. The lowest BCUT2D eigenvalue weighted by Gasteiger charge is -2.26. The van der Waals surface area contributed by atoms with Crippen LogP contribution in [0.15, 0.2) is 18.3 Å². The van der Waals surface area contributed by atoms with Crippen molar-refractivity contribution in [1.29, 1.82) is 0 Å². The number of pyridine rings is 1. The van der Waals surface area contributed by atoms with Crippen LogP contribution in [-0.4, -0.2) is 18.1 Å². The predicted octanol–water partition coefficient (Wildman–Crippen LogP) is 4.00. The van der Waals surface area contributed by atoms with Crippen molar-refractivity contribution in [1.82, 2.24) is 4.98 Å². The van der Waals surface area contributed by atoms with Gasteiger partial charge >= 0.3 is 0 Å². The minimum Gasteiger partial charge on any atom is -0.357 e. The molecule has 1 aromatic rings. The first-order valence-electron chi connectivity index (χ1n) is 7.86. The summed E-state index contributed by atoms with van der Waals surface area (Å²) in [5, 5.41) is 0. The topological polar surface area (TPSA) is 42.1 Å². The van der Waals surface area contributed by atoms with Gasteiger partial charge in [0.05, 0.1) is 0 Å². The van der Waals surface area contributed by atoms with Gasteiger partial charge in [-0.2, -0.15) is 0 Å². The SMILES string of the molecule is CC(C)CCN(CCC(C)C)c1cc([C@@H](C)N)ccn1. The molecule has 0 bridgehead atoms. The van der Waals surface area contributed by atoms with Crippen molar-refractivity contribution >= 4 is 5.82 Å². The monoisotopic (exact) mass is 277 g/mol. The Morgan fingerprint density at radius 1 is 1.05 bits per heavy atom. The minimum atomic E-state index is 0.0637. The molecule has 0 aliphatic heterocycles. The normalized spacial score (nSPS) is 13.0. The molecule has 0 saturated carbocycles. The molecule has 1 aromatic heterocycles. The summed E-state index contributed by atoms with van der Waals surface area (Å²) in [4.78, 5) is 6.96. The van der Waals surface area contributed by atoms with Crippen molar-refractivity contribution in [2.45, 2.75) is 53.5 Å². The van der Waals surface area contributed by atoms with Gasteiger partial charge in [-0.3, -0.25) is 0 Å². The van der Waals surface area contributed by atoms with Crippen LogP contribution in [0.4, 0.5) is 5.82 Å². The third-order valence-corrected chi connectivity index (χ3v) is 3.57.